The number of ether oxygens (including phenoxy) is 18. The average molecular weight is 2090 g/mol. The molecule has 0 saturated heterocycles. The number of carbonyl (C=O) groups excluding carboxylic acids is 4. The summed E-state index contributed by atoms with van der Waals surface area (Å²) in [5.74, 6) is 4.23. The molecule has 0 N–H and O–H groups in total. The van der Waals surface area contributed by atoms with Crippen molar-refractivity contribution >= 4 is 37.5 Å². The van der Waals surface area contributed by atoms with Gasteiger partial charge in [0.05, 0.1) is 91.0 Å². The van der Waals surface area contributed by atoms with Crippen molar-refractivity contribution in [1.82, 2.24) is 0 Å². The average Bonchev–Trinajstić information content (AvgIpc) is 0.757. The Balaban J connectivity index is 0.00000805. The summed E-state index contributed by atoms with van der Waals surface area (Å²) >= 11 is 4.25. The molecule has 0 spiro atoms. The summed E-state index contributed by atoms with van der Waals surface area (Å²) in [6.07, 6.45) is 0.800. The zero-order valence-corrected chi connectivity index (χ0v) is 87.6. The molecule has 0 heterocycles. The zero-order chi connectivity index (χ0) is 103. The summed E-state index contributed by atoms with van der Waals surface area (Å²) in [5, 5.41) is 0. The van der Waals surface area contributed by atoms with Crippen molar-refractivity contribution in [3.63, 3.8) is 0 Å². The number of hydrogen-bond acceptors (Lipinski definition) is 22. The standard InChI is InChI=1S/C123H111O22.BrH.Zn/c1-81-54-105(137-76-82-34-18-10-19-35-82)63-91(113(81)129-3)56-98-70-109(143-121(125)87-44-28-15-29-45-87)71-99(117(98)133-7)58-94-66-107(139-78-84-38-22-12-23-39-84)67-95(115(94)131-5)60-102-74-111(145-123(127)89-48-32-17-33-49-89)75-103(119(102)135-9)61-97-69-108(140-79-85-40-24-13-25-41-85)68-96(116(97)132-6)59-101-73-110(144-122(126)88-46-30-16-31-47-88)72-100(118(101)134-8)57-93-65-106(138-77-83-36-20-11-21-37-83)64-92(114(93)130-4)55-90-62-104(142-120(124)86-42-26-14-27-43-86)50-51-112(90)141-80-136-53-52-128-2;;/h10-51,54,62-75H,1,52-53,55-61,76-80H2,2-9H3;1H;/q-1;;+2/p-1. The van der Waals surface area contributed by atoms with E-state index < -0.39 is 23.9 Å². The summed E-state index contributed by atoms with van der Waals surface area (Å²) in [6.45, 7) is 5.75. The fraction of sp³-hybridized carbons (Fsp3) is 0.179. The van der Waals surface area contributed by atoms with Crippen LogP contribution in [0.3, 0.4) is 0 Å². The maximum absolute atomic E-state index is 14.7. The van der Waals surface area contributed by atoms with Crippen LogP contribution < -0.4 is 75.8 Å². The Kier molecular flexibility index (Phi) is 37.9. The number of halogens is 1. The van der Waals surface area contributed by atoms with E-state index in [1.807, 2.05) is 194 Å². The molecule has 0 radical (unpaired) electrons. The van der Waals surface area contributed by atoms with Crippen LogP contribution in [0.4, 0.5) is 0 Å². The van der Waals surface area contributed by atoms with E-state index in [9.17, 15) is 19.2 Å². The van der Waals surface area contributed by atoms with Crippen molar-refractivity contribution in [3.05, 3.63) is 481 Å². The predicted octanol–water partition coefficient (Wildman–Crippen LogP) is 25.1. The van der Waals surface area contributed by atoms with Gasteiger partial charge in [0.25, 0.3) is 0 Å². The Morgan fingerprint density at radius 1 is 0.231 bits per heavy atom. The molecule has 0 aliphatic carbocycles. The van der Waals surface area contributed by atoms with Crippen molar-refractivity contribution in [2.75, 3.05) is 76.9 Å². The van der Waals surface area contributed by atoms with Gasteiger partial charge in [0, 0.05) is 124 Å². The molecule has 0 aromatic heterocycles. The molecular weight excluding hydrogens is 1970 g/mol. The van der Waals surface area contributed by atoms with Crippen molar-refractivity contribution < 1.29 is 121 Å². The zero-order valence-electron chi connectivity index (χ0n) is 83.1. The van der Waals surface area contributed by atoms with Crippen LogP contribution in [-0.2, 0) is 97.2 Å². The number of benzene rings is 16. The van der Waals surface area contributed by atoms with Crippen molar-refractivity contribution in [2.45, 2.75) is 71.4 Å². The van der Waals surface area contributed by atoms with Gasteiger partial charge in [0.2, 0.25) is 0 Å². The molecule has 16 aromatic rings. The Hall–Kier alpha value is -16.1. The van der Waals surface area contributed by atoms with Gasteiger partial charge in [-0.1, -0.05) is 200 Å². The van der Waals surface area contributed by atoms with Crippen LogP contribution in [0.25, 0.3) is 0 Å². The van der Waals surface area contributed by atoms with Gasteiger partial charge >= 0.3 is 53.8 Å². The number of methoxy groups -OCH3 is 8. The van der Waals surface area contributed by atoms with Crippen molar-refractivity contribution in [2.24, 2.45) is 0 Å². The SMILES string of the molecule is [CH2-]c1cc(OCc2ccccc2)cc(Cc2cc(OC(=O)c3ccccc3)cc(Cc3cc(OCc4ccccc4)cc(Cc4cc(OC(=O)c5ccccc5)cc(Cc5cc(OCc6ccccc6)cc(Cc6cc(OC(=O)c7ccccc7)cc(Cc7cc(OCc8ccccc8)cc(Cc8cc(OC(=O)c9ccccc9)ccc8OCOCCOC)c7OC)c6OC)c5OC)c4OC)c3OC)c2OC)c1OC.[Zn+][Br]. The number of hydrogen-bond donors (Lipinski definition) is 0. The number of rotatable bonds is 47. The van der Waals surface area contributed by atoms with E-state index in [1.165, 1.54) is 16.3 Å². The summed E-state index contributed by atoms with van der Waals surface area (Å²) in [4.78, 5) is 57.3. The fourth-order valence-electron chi connectivity index (χ4n) is 17.7. The topological polar surface area (TPSA) is 234 Å². The van der Waals surface area contributed by atoms with E-state index in [4.69, 9.17) is 85.3 Å². The van der Waals surface area contributed by atoms with Gasteiger partial charge in [-0.05, 0) is 174 Å². The minimum absolute atomic E-state index is 0.0648. The Bertz CT molecular complexity index is 7110. The molecule has 0 fully saturated rings. The molecule has 0 amide bonds. The first-order valence-corrected chi connectivity index (χ1v) is 54.5. The van der Waals surface area contributed by atoms with Crippen molar-refractivity contribution in [3.8, 4) is 92.0 Å². The maximum atomic E-state index is 14.7. The summed E-state index contributed by atoms with van der Waals surface area (Å²) < 4.78 is 116. The number of esters is 4. The summed E-state index contributed by atoms with van der Waals surface area (Å²) in [7, 11) is 12.8. The Labute approximate surface area is 873 Å². The molecule has 0 saturated carbocycles. The third kappa shape index (κ3) is 28.3. The van der Waals surface area contributed by atoms with Crippen LogP contribution in [0.1, 0.15) is 147 Å². The summed E-state index contributed by atoms with van der Waals surface area (Å²) in [5.41, 5.74) is 14.4. The van der Waals surface area contributed by atoms with Crippen LogP contribution in [0.15, 0.2) is 346 Å². The van der Waals surface area contributed by atoms with E-state index in [0.29, 0.717) is 182 Å². The second kappa shape index (κ2) is 52.9. The third-order valence-electron chi connectivity index (χ3n) is 24.2. The molecule has 0 atom stereocenters. The third-order valence-corrected chi connectivity index (χ3v) is 24.2. The van der Waals surface area contributed by atoms with Crippen LogP contribution >= 0.6 is 13.6 Å². The van der Waals surface area contributed by atoms with Gasteiger partial charge in [-0.15, -0.1) is 6.07 Å². The van der Waals surface area contributed by atoms with Gasteiger partial charge in [-0.2, -0.15) is 12.5 Å². The van der Waals surface area contributed by atoms with Crippen LogP contribution in [0.5, 0.6) is 92.0 Å². The van der Waals surface area contributed by atoms with E-state index >= 15 is 0 Å². The molecule has 0 aliphatic rings. The molecule has 24 heteroatoms. The first kappa shape index (κ1) is 105. The minimum atomic E-state index is -0.617. The van der Waals surface area contributed by atoms with Crippen LogP contribution in [0.2, 0.25) is 0 Å². The molecule has 0 aliphatic heterocycles. The van der Waals surface area contributed by atoms with Gasteiger partial charge in [0.15, 0.2) is 6.79 Å². The van der Waals surface area contributed by atoms with Crippen molar-refractivity contribution in [1.29, 1.82) is 0 Å². The molecular formula is C123H111BrO22Zn. The molecule has 16 rings (SSSR count). The molecule has 147 heavy (non-hydrogen) atoms. The second-order valence-electron chi connectivity index (χ2n) is 34.2. The Morgan fingerprint density at radius 3 is 0.687 bits per heavy atom. The van der Waals surface area contributed by atoms with Crippen LogP contribution in [-0.4, -0.2) is 101 Å². The molecule has 22 nitrogen and oxygen atoms in total. The van der Waals surface area contributed by atoms with Gasteiger partial charge in [-0.25, -0.2) is 19.2 Å². The van der Waals surface area contributed by atoms with Gasteiger partial charge in [0.1, 0.15) is 107 Å². The molecule has 0 bridgehead atoms. The fourth-order valence-corrected chi connectivity index (χ4v) is 17.7. The quantitative estimate of drug-likeness (QED) is 0.00861. The first-order valence-electron chi connectivity index (χ1n) is 47.6. The number of carbonyl (C=O) groups is 4. The normalized spacial score (nSPS) is 10.8. The first-order chi connectivity index (χ1) is 72.0. The predicted molar refractivity (Wildman–Crippen MR) is 562 cm³/mol. The molecule has 744 valence electrons. The Morgan fingerprint density at radius 2 is 0.442 bits per heavy atom. The van der Waals surface area contributed by atoms with Gasteiger partial charge < -0.3 is 85.3 Å². The molecule has 16 aromatic carbocycles. The second-order valence-corrected chi connectivity index (χ2v) is 34.2. The van der Waals surface area contributed by atoms with E-state index in [-0.39, 0.29) is 101 Å². The van der Waals surface area contributed by atoms with E-state index in [0.717, 1.165) is 27.8 Å². The van der Waals surface area contributed by atoms with Crippen LogP contribution in [0, 0.1) is 6.92 Å². The molecule has 0 unspecified atom stereocenters. The van der Waals surface area contributed by atoms with Gasteiger partial charge in [-0.3, -0.25) is 0 Å². The van der Waals surface area contributed by atoms with E-state index in [1.54, 1.807) is 209 Å². The van der Waals surface area contributed by atoms with E-state index in [2.05, 4.69) is 20.5 Å². The summed E-state index contributed by atoms with van der Waals surface area (Å²) in [6, 6.07) is 106. The monoisotopic (exact) mass is 2080 g/mol.